The minimum atomic E-state index is -0.468. The van der Waals surface area contributed by atoms with Crippen molar-refractivity contribution in [2.24, 2.45) is 5.92 Å². The second-order valence-corrected chi connectivity index (χ2v) is 7.60. The fraction of sp³-hybridized carbons (Fsp3) is 0.286. The Morgan fingerprint density at radius 1 is 0.967 bits per heavy atom. The molecule has 2 aromatic rings. The number of nitrogens with one attached hydrogen (secondary N) is 3. The molecule has 0 fully saturated rings. The third kappa shape index (κ3) is 8.67. The molecule has 2 aromatic carbocycles. The first-order valence-corrected chi connectivity index (χ1v) is 10.1. The molecular formula is C21H24ClN3O4S. The van der Waals surface area contributed by atoms with E-state index in [1.807, 2.05) is 0 Å². The molecule has 0 radical (unpaired) electrons. The number of amides is 2. The van der Waals surface area contributed by atoms with E-state index in [0.29, 0.717) is 34.6 Å². The molecule has 0 bridgehead atoms. The van der Waals surface area contributed by atoms with Crippen LogP contribution >= 0.6 is 23.8 Å². The van der Waals surface area contributed by atoms with Gasteiger partial charge in [0, 0.05) is 10.6 Å². The summed E-state index contributed by atoms with van der Waals surface area (Å²) >= 11 is 10.8. The first-order valence-electron chi connectivity index (χ1n) is 9.35. The van der Waals surface area contributed by atoms with Crippen LogP contribution < -0.4 is 25.6 Å². The number of rotatable bonds is 8. The molecule has 0 atom stereocenters. The number of thiocarbonyl (C=S) groups is 1. The average molecular weight is 450 g/mol. The molecule has 0 saturated carbocycles. The van der Waals surface area contributed by atoms with E-state index in [1.54, 1.807) is 48.5 Å². The fourth-order valence-electron chi connectivity index (χ4n) is 2.16. The van der Waals surface area contributed by atoms with Crippen LogP contribution in [0, 0.1) is 5.92 Å². The van der Waals surface area contributed by atoms with Crippen molar-refractivity contribution in [2.45, 2.75) is 20.3 Å². The van der Waals surface area contributed by atoms with Crippen LogP contribution in [-0.4, -0.2) is 30.1 Å². The van der Waals surface area contributed by atoms with Gasteiger partial charge < -0.3 is 9.47 Å². The summed E-state index contributed by atoms with van der Waals surface area (Å²) in [4.78, 5) is 24.0. The molecule has 0 aliphatic heterocycles. The fourth-order valence-corrected chi connectivity index (χ4v) is 2.43. The molecule has 30 heavy (non-hydrogen) atoms. The lowest BCUT2D eigenvalue weighted by Crippen LogP contribution is -2.49. The Balaban J connectivity index is 1.70. The SMILES string of the molecule is CC(C)CCOc1ccc(C(=O)NC(=S)NNC(=O)COc2ccc(Cl)cc2)cc1. The summed E-state index contributed by atoms with van der Waals surface area (Å²) in [6.07, 6.45) is 0.957. The predicted molar refractivity (Wildman–Crippen MR) is 120 cm³/mol. The summed E-state index contributed by atoms with van der Waals surface area (Å²) in [7, 11) is 0. The van der Waals surface area contributed by atoms with Gasteiger partial charge in [-0.2, -0.15) is 0 Å². The molecule has 7 nitrogen and oxygen atoms in total. The van der Waals surface area contributed by atoms with Gasteiger partial charge in [0.25, 0.3) is 11.8 Å². The molecule has 0 aliphatic carbocycles. The average Bonchev–Trinajstić information content (AvgIpc) is 2.72. The molecule has 0 unspecified atom stereocenters. The van der Waals surface area contributed by atoms with Crippen molar-refractivity contribution >= 4 is 40.7 Å². The van der Waals surface area contributed by atoms with Gasteiger partial charge in [-0.15, -0.1) is 0 Å². The number of hydrogen-bond acceptors (Lipinski definition) is 5. The Hall–Kier alpha value is -2.84. The molecule has 2 amide bonds. The minimum Gasteiger partial charge on any atom is -0.494 e. The van der Waals surface area contributed by atoms with Crippen molar-refractivity contribution in [1.82, 2.24) is 16.2 Å². The Labute approximate surface area is 186 Å². The summed E-state index contributed by atoms with van der Waals surface area (Å²) in [5, 5.41) is 3.01. The van der Waals surface area contributed by atoms with Gasteiger partial charge in [0.15, 0.2) is 11.7 Å². The zero-order chi connectivity index (χ0) is 21.9. The summed E-state index contributed by atoms with van der Waals surface area (Å²) in [5.74, 6) is 0.883. The van der Waals surface area contributed by atoms with Gasteiger partial charge in [0.05, 0.1) is 6.61 Å². The number of ether oxygens (including phenoxy) is 2. The molecule has 3 N–H and O–H groups in total. The van der Waals surface area contributed by atoms with Crippen LogP contribution in [0.4, 0.5) is 0 Å². The maximum atomic E-state index is 12.2. The van der Waals surface area contributed by atoms with Crippen LogP contribution in [0.25, 0.3) is 0 Å². The van der Waals surface area contributed by atoms with Gasteiger partial charge >= 0.3 is 0 Å². The maximum Gasteiger partial charge on any atom is 0.276 e. The number of hydrazine groups is 1. The highest BCUT2D eigenvalue weighted by Crippen LogP contribution is 2.15. The summed E-state index contributed by atoms with van der Waals surface area (Å²) in [6, 6.07) is 13.3. The first-order chi connectivity index (χ1) is 14.3. The number of carbonyl (C=O) groups is 2. The normalized spacial score (nSPS) is 10.3. The highest BCUT2D eigenvalue weighted by Gasteiger charge is 2.09. The zero-order valence-corrected chi connectivity index (χ0v) is 18.3. The molecule has 0 heterocycles. The summed E-state index contributed by atoms with van der Waals surface area (Å²) in [6.45, 7) is 4.65. The second kappa shape index (κ2) is 12.0. The number of hydrogen-bond donors (Lipinski definition) is 3. The highest BCUT2D eigenvalue weighted by atomic mass is 35.5. The third-order valence-electron chi connectivity index (χ3n) is 3.81. The lowest BCUT2D eigenvalue weighted by atomic mass is 10.1. The predicted octanol–water partition coefficient (Wildman–Crippen LogP) is 3.48. The van der Waals surface area contributed by atoms with Crippen molar-refractivity contribution in [3.8, 4) is 11.5 Å². The van der Waals surface area contributed by atoms with Crippen molar-refractivity contribution in [2.75, 3.05) is 13.2 Å². The Morgan fingerprint density at radius 2 is 1.57 bits per heavy atom. The highest BCUT2D eigenvalue weighted by molar-refractivity contribution is 7.80. The van der Waals surface area contributed by atoms with Crippen LogP contribution in [0.2, 0.25) is 5.02 Å². The van der Waals surface area contributed by atoms with Gasteiger partial charge in [0.1, 0.15) is 11.5 Å². The van der Waals surface area contributed by atoms with Crippen LogP contribution in [-0.2, 0) is 4.79 Å². The Bertz CT molecular complexity index is 858. The standard InChI is InChI=1S/C21H24ClN3O4S/c1-14(2)11-12-28-17-7-3-15(4-8-17)20(27)23-21(30)25-24-19(26)13-29-18-9-5-16(22)6-10-18/h3-10,14H,11-13H2,1-2H3,(H,24,26)(H2,23,25,27,30). The van der Waals surface area contributed by atoms with Crippen molar-refractivity contribution < 1.29 is 19.1 Å². The zero-order valence-electron chi connectivity index (χ0n) is 16.7. The maximum absolute atomic E-state index is 12.2. The van der Waals surface area contributed by atoms with Crippen molar-refractivity contribution in [1.29, 1.82) is 0 Å². The molecule has 9 heteroatoms. The van der Waals surface area contributed by atoms with Gasteiger partial charge in [0.2, 0.25) is 0 Å². The van der Waals surface area contributed by atoms with Crippen LogP contribution in [0.1, 0.15) is 30.6 Å². The lowest BCUT2D eigenvalue weighted by Gasteiger charge is -2.12. The molecule has 0 aliphatic rings. The van der Waals surface area contributed by atoms with Crippen LogP contribution in [0.5, 0.6) is 11.5 Å². The van der Waals surface area contributed by atoms with E-state index in [0.717, 1.165) is 6.42 Å². The van der Waals surface area contributed by atoms with Crippen LogP contribution in [0.3, 0.4) is 0 Å². The van der Waals surface area contributed by atoms with E-state index in [9.17, 15) is 9.59 Å². The van der Waals surface area contributed by atoms with E-state index in [4.69, 9.17) is 33.3 Å². The van der Waals surface area contributed by atoms with Crippen molar-refractivity contribution in [3.63, 3.8) is 0 Å². The van der Waals surface area contributed by atoms with E-state index in [-0.39, 0.29) is 11.7 Å². The second-order valence-electron chi connectivity index (χ2n) is 6.75. The number of carbonyl (C=O) groups excluding carboxylic acids is 2. The topological polar surface area (TPSA) is 88.7 Å². The quantitative estimate of drug-likeness (QED) is 0.422. The monoisotopic (exact) mass is 449 g/mol. The minimum absolute atomic E-state index is 0.0443. The van der Waals surface area contributed by atoms with Crippen LogP contribution in [0.15, 0.2) is 48.5 Å². The Kier molecular flexibility index (Phi) is 9.37. The summed E-state index contributed by atoms with van der Waals surface area (Å²) in [5.41, 5.74) is 5.21. The Morgan fingerprint density at radius 3 is 2.20 bits per heavy atom. The number of halogens is 1. The summed E-state index contributed by atoms with van der Waals surface area (Å²) < 4.78 is 10.9. The van der Waals surface area contributed by atoms with Gasteiger partial charge in [-0.05, 0) is 73.1 Å². The van der Waals surface area contributed by atoms with Gasteiger partial charge in [-0.1, -0.05) is 25.4 Å². The lowest BCUT2D eigenvalue weighted by molar-refractivity contribution is -0.123. The van der Waals surface area contributed by atoms with E-state index in [2.05, 4.69) is 30.0 Å². The smallest absolute Gasteiger partial charge is 0.276 e. The largest absolute Gasteiger partial charge is 0.494 e. The van der Waals surface area contributed by atoms with Crippen molar-refractivity contribution in [3.05, 3.63) is 59.1 Å². The molecule has 0 spiro atoms. The molecule has 160 valence electrons. The molecular weight excluding hydrogens is 426 g/mol. The van der Waals surface area contributed by atoms with E-state index < -0.39 is 11.8 Å². The third-order valence-corrected chi connectivity index (χ3v) is 4.26. The van der Waals surface area contributed by atoms with E-state index >= 15 is 0 Å². The van der Waals surface area contributed by atoms with E-state index in [1.165, 1.54) is 0 Å². The number of benzene rings is 2. The molecule has 0 saturated heterocycles. The van der Waals surface area contributed by atoms with Gasteiger partial charge in [-0.3, -0.25) is 25.8 Å². The molecule has 0 aromatic heterocycles. The first kappa shape index (κ1) is 23.4. The van der Waals surface area contributed by atoms with Gasteiger partial charge in [-0.25, -0.2) is 0 Å². The molecule has 2 rings (SSSR count).